The van der Waals surface area contributed by atoms with Gasteiger partial charge in [0.1, 0.15) is 0 Å². The Morgan fingerprint density at radius 1 is 0.762 bits per heavy atom. The van der Waals surface area contributed by atoms with Crippen LogP contribution in [-0.2, 0) is 10.8 Å². The Morgan fingerprint density at radius 3 is 1.52 bits per heavy atom. The van der Waals surface area contributed by atoms with Crippen molar-refractivity contribution in [2.75, 3.05) is 6.54 Å². The van der Waals surface area contributed by atoms with Gasteiger partial charge in [-0.3, -0.25) is 0 Å². The molecule has 1 aromatic rings. The summed E-state index contributed by atoms with van der Waals surface area (Å²) in [5, 5.41) is 3.71. The zero-order valence-electron chi connectivity index (χ0n) is 15.4. The summed E-state index contributed by atoms with van der Waals surface area (Å²) in [7, 11) is 0. The number of hydrogen-bond donors (Lipinski definition) is 1. The minimum Gasteiger partial charge on any atom is -0.311 e. The molecule has 0 amide bonds. The predicted octanol–water partition coefficient (Wildman–Crippen LogP) is 5.43. The molecule has 1 rings (SSSR count). The van der Waals surface area contributed by atoms with Gasteiger partial charge in [-0.05, 0) is 50.2 Å². The second kappa shape index (κ2) is 6.52. The third-order valence-electron chi connectivity index (χ3n) is 4.67. The molecule has 1 N–H and O–H groups in total. The number of hydrogen-bond acceptors (Lipinski definition) is 1. The molecule has 0 spiro atoms. The Labute approximate surface area is 132 Å². The van der Waals surface area contributed by atoms with Gasteiger partial charge in [0.15, 0.2) is 0 Å². The van der Waals surface area contributed by atoms with Crippen molar-refractivity contribution in [3.05, 3.63) is 35.4 Å². The predicted molar refractivity (Wildman–Crippen MR) is 95.2 cm³/mol. The van der Waals surface area contributed by atoms with E-state index in [9.17, 15) is 0 Å². The van der Waals surface area contributed by atoms with Gasteiger partial charge in [-0.15, -0.1) is 0 Å². The van der Waals surface area contributed by atoms with Crippen LogP contribution in [0.5, 0.6) is 0 Å². The fourth-order valence-electron chi connectivity index (χ4n) is 2.77. The van der Waals surface area contributed by atoms with Crippen molar-refractivity contribution < 1.29 is 0 Å². The largest absolute Gasteiger partial charge is 0.311 e. The highest BCUT2D eigenvalue weighted by Crippen LogP contribution is 2.33. The van der Waals surface area contributed by atoms with Crippen LogP contribution >= 0.6 is 0 Å². The number of nitrogens with one attached hydrogen (secondary N) is 1. The van der Waals surface area contributed by atoms with Gasteiger partial charge in [0.2, 0.25) is 0 Å². The second-order valence-electron chi connectivity index (χ2n) is 8.42. The summed E-state index contributed by atoms with van der Waals surface area (Å²) in [5.74, 6) is 0. The number of benzene rings is 1. The highest BCUT2D eigenvalue weighted by Gasteiger charge is 2.30. The minimum absolute atomic E-state index is 0.168. The maximum atomic E-state index is 3.71. The molecule has 0 aliphatic heterocycles. The van der Waals surface area contributed by atoms with Crippen LogP contribution in [0.3, 0.4) is 0 Å². The molecular formula is C20H35N. The standard InChI is InChI=1S/C20H35N/c1-9-20(10-2,15-21-19(6,7)8)17-13-11-16(12-14-17)18(3,4)5/h11-14,21H,9-10,15H2,1-8H3. The van der Waals surface area contributed by atoms with Crippen LogP contribution < -0.4 is 5.32 Å². The quantitative estimate of drug-likeness (QED) is 0.762. The first-order valence-corrected chi connectivity index (χ1v) is 8.40. The van der Waals surface area contributed by atoms with Gasteiger partial charge >= 0.3 is 0 Å². The Kier molecular flexibility index (Phi) is 5.66. The van der Waals surface area contributed by atoms with Crippen molar-refractivity contribution in [3.8, 4) is 0 Å². The van der Waals surface area contributed by atoms with Crippen LogP contribution in [0.1, 0.15) is 79.4 Å². The lowest BCUT2D eigenvalue weighted by atomic mass is 9.74. The molecule has 1 nitrogen and oxygen atoms in total. The van der Waals surface area contributed by atoms with Gasteiger partial charge in [0, 0.05) is 17.5 Å². The van der Waals surface area contributed by atoms with Crippen molar-refractivity contribution in [1.29, 1.82) is 0 Å². The van der Waals surface area contributed by atoms with Crippen LogP contribution in [0.4, 0.5) is 0 Å². The first kappa shape index (κ1) is 18.2. The fraction of sp³-hybridized carbons (Fsp3) is 0.700. The van der Waals surface area contributed by atoms with E-state index in [-0.39, 0.29) is 16.4 Å². The van der Waals surface area contributed by atoms with E-state index >= 15 is 0 Å². The Hall–Kier alpha value is -0.820. The van der Waals surface area contributed by atoms with Crippen LogP contribution in [0.15, 0.2) is 24.3 Å². The van der Waals surface area contributed by atoms with Crippen LogP contribution in [0.25, 0.3) is 0 Å². The SMILES string of the molecule is CCC(CC)(CNC(C)(C)C)c1ccc(C(C)(C)C)cc1. The van der Waals surface area contributed by atoms with Gasteiger partial charge in [0.25, 0.3) is 0 Å². The summed E-state index contributed by atoms with van der Waals surface area (Å²) in [6.07, 6.45) is 2.34. The van der Waals surface area contributed by atoms with E-state index in [0.717, 1.165) is 6.54 Å². The van der Waals surface area contributed by atoms with E-state index in [1.54, 1.807) is 0 Å². The van der Waals surface area contributed by atoms with Gasteiger partial charge in [-0.25, -0.2) is 0 Å². The third-order valence-corrected chi connectivity index (χ3v) is 4.67. The van der Waals surface area contributed by atoms with E-state index in [4.69, 9.17) is 0 Å². The second-order valence-corrected chi connectivity index (χ2v) is 8.42. The van der Waals surface area contributed by atoms with Crippen molar-refractivity contribution >= 4 is 0 Å². The molecule has 0 saturated carbocycles. The molecule has 0 heterocycles. The monoisotopic (exact) mass is 289 g/mol. The summed E-state index contributed by atoms with van der Waals surface area (Å²) in [5.41, 5.74) is 3.52. The lowest BCUT2D eigenvalue weighted by Gasteiger charge is -2.36. The first-order valence-electron chi connectivity index (χ1n) is 8.40. The highest BCUT2D eigenvalue weighted by atomic mass is 15.0. The maximum Gasteiger partial charge on any atom is 0.00968 e. The summed E-state index contributed by atoms with van der Waals surface area (Å²) < 4.78 is 0. The summed E-state index contributed by atoms with van der Waals surface area (Å²) in [6.45, 7) is 19.2. The molecule has 0 aliphatic rings. The van der Waals surface area contributed by atoms with Crippen molar-refractivity contribution in [2.45, 2.75) is 84.6 Å². The molecule has 0 atom stereocenters. The van der Waals surface area contributed by atoms with Gasteiger partial charge in [-0.2, -0.15) is 0 Å². The van der Waals surface area contributed by atoms with Crippen LogP contribution in [-0.4, -0.2) is 12.1 Å². The Morgan fingerprint density at radius 2 is 1.19 bits per heavy atom. The lowest BCUT2D eigenvalue weighted by molar-refractivity contribution is 0.312. The minimum atomic E-state index is 0.168. The van der Waals surface area contributed by atoms with Gasteiger partial charge in [0.05, 0.1) is 0 Å². The van der Waals surface area contributed by atoms with Crippen LogP contribution in [0, 0.1) is 0 Å². The van der Waals surface area contributed by atoms with E-state index in [2.05, 4.69) is 85.0 Å². The molecule has 0 fully saturated rings. The van der Waals surface area contributed by atoms with Crippen molar-refractivity contribution in [3.63, 3.8) is 0 Å². The maximum absolute atomic E-state index is 3.71. The summed E-state index contributed by atoms with van der Waals surface area (Å²) in [4.78, 5) is 0. The number of rotatable bonds is 5. The highest BCUT2D eigenvalue weighted by molar-refractivity contribution is 5.32. The first-order chi connectivity index (χ1) is 9.54. The average molecular weight is 290 g/mol. The molecule has 1 aromatic carbocycles. The van der Waals surface area contributed by atoms with Crippen molar-refractivity contribution in [2.24, 2.45) is 0 Å². The van der Waals surface area contributed by atoms with E-state index in [1.165, 1.54) is 24.0 Å². The van der Waals surface area contributed by atoms with E-state index in [1.807, 2.05) is 0 Å². The molecule has 0 aliphatic carbocycles. The molecule has 0 saturated heterocycles. The topological polar surface area (TPSA) is 12.0 Å². The molecule has 120 valence electrons. The van der Waals surface area contributed by atoms with E-state index < -0.39 is 0 Å². The zero-order chi connectivity index (χ0) is 16.3. The molecule has 0 bridgehead atoms. The summed E-state index contributed by atoms with van der Waals surface area (Å²) >= 11 is 0. The van der Waals surface area contributed by atoms with Gasteiger partial charge < -0.3 is 5.32 Å². The normalized spacial score (nSPS) is 13.5. The third kappa shape index (κ3) is 4.85. The molecule has 0 radical (unpaired) electrons. The molecule has 0 aromatic heterocycles. The zero-order valence-corrected chi connectivity index (χ0v) is 15.4. The smallest absolute Gasteiger partial charge is 0.00968 e. The Bertz CT molecular complexity index is 424. The summed E-state index contributed by atoms with van der Waals surface area (Å²) in [6, 6.07) is 9.31. The molecule has 1 heteroatoms. The van der Waals surface area contributed by atoms with Crippen molar-refractivity contribution in [1.82, 2.24) is 5.32 Å². The van der Waals surface area contributed by atoms with Crippen LogP contribution in [0.2, 0.25) is 0 Å². The Balaban J connectivity index is 3.05. The van der Waals surface area contributed by atoms with Gasteiger partial charge in [-0.1, -0.05) is 58.9 Å². The van der Waals surface area contributed by atoms with E-state index in [0.29, 0.717) is 0 Å². The average Bonchev–Trinajstić information content (AvgIpc) is 2.39. The fourth-order valence-corrected chi connectivity index (χ4v) is 2.77. The lowest BCUT2D eigenvalue weighted by Crippen LogP contribution is -2.45. The molecular weight excluding hydrogens is 254 g/mol. The molecule has 21 heavy (non-hydrogen) atoms. The molecule has 0 unspecified atom stereocenters.